The summed E-state index contributed by atoms with van der Waals surface area (Å²) in [4.78, 5) is 0. The average molecular weight is 309 g/mol. The van der Waals surface area contributed by atoms with Crippen molar-refractivity contribution in [2.45, 2.75) is 20.1 Å². The molecule has 0 fully saturated rings. The normalized spacial score (nSPS) is 10.7. The molecule has 3 aromatic rings. The topological polar surface area (TPSA) is 44.5 Å². The second-order valence-electron chi connectivity index (χ2n) is 5.27. The van der Waals surface area contributed by atoms with Crippen molar-refractivity contribution < 1.29 is 14.0 Å². The molecule has 0 bridgehead atoms. The summed E-state index contributed by atoms with van der Waals surface area (Å²) in [6.07, 6.45) is 0. The van der Waals surface area contributed by atoms with Gasteiger partial charge in [-0.3, -0.25) is 0 Å². The van der Waals surface area contributed by atoms with Gasteiger partial charge in [0.1, 0.15) is 17.2 Å². The largest absolute Gasteiger partial charge is 0.497 e. The minimum absolute atomic E-state index is 0.410. The van der Waals surface area contributed by atoms with Crippen molar-refractivity contribution in [2.75, 3.05) is 7.11 Å². The van der Waals surface area contributed by atoms with E-state index in [-0.39, 0.29) is 0 Å². The fraction of sp³-hybridized carbons (Fsp3) is 0.211. The van der Waals surface area contributed by atoms with E-state index in [0.29, 0.717) is 13.2 Å². The van der Waals surface area contributed by atoms with Crippen molar-refractivity contribution in [1.82, 2.24) is 5.16 Å². The van der Waals surface area contributed by atoms with E-state index in [0.717, 1.165) is 33.9 Å². The molecule has 0 amide bonds. The molecule has 0 atom stereocenters. The van der Waals surface area contributed by atoms with E-state index in [9.17, 15) is 0 Å². The lowest BCUT2D eigenvalue weighted by atomic mass is 10.0. The molecule has 0 spiro atoms. The molecule has 118 valence electrons. The Hall–Kier alpha value is -2.59. The summed E-state index contributed by atoms with van der Waals surface area (Å²) >= 11 is 0. The monoisotopic (exact) mass is 309 g/mol. The lowest BCUT2D eigenvalue weighted by molar-refractivity contribution is 0.102. The van der Waals surface area contributed by atoms with Crippen LogP contribution in [0.2, 0.25) is 0 Å². The number of aryl methyl sites for hydroxylation is 1. The Morgan fingerprint density at radius 2 is 1.70 bits per heavy atom. The fourth-order valence-corrected chi connectivity index (χ4v) is 2.48. The van der Waals surface area contributed by atoms with Crippen LogP contribution in [0.5, 0.6) is 5.75 Å². The number of hydrogen-bond donors (Lipinski definition) is 0. The number of methoxy groups -OCH3 is 1. The molecule has 3 rings (SSSR count). The Morgan fingerprint density at radius 3 is 2.39 bits per heavy atom. The number of nitrogens with zero attached hydrogens (tertiary/aromatic N) is 1. The van der Waals surface area contributed by atoms with Crippen molar-refractivity contribution in [3.05, 3.63) is 71.6 Å². The van der Waals surface area contributed by atoms with Crippen LogP contribution in [0.3, 0.4) is 0 Å². The maximum Gasteiger partial charge on any atom is 0.141 e. The van der Waals surface area contributed by atoms with Crippen LogP contribution in [0.1, 0.15) is 17.0 Å². The molecule has 0 aliphatic rings. The smallest absolute Gasteiger partial charge is 0.141 e. The van der Waals surface area contributed by atoms with Crippen LogP contribution in [0.15, 0.2) is 59.1 Å². The lowest BCUT2D eigenvalue weighted by Crippen LogP contribution is -1.96. The van der Waals surface area contributed by atoms with Crippen molar-refractivity contribution in [1.29, 1.82) is 0 Å². The van der Waals surface area contributed by atoms with Gasteiger partial charge in [0, 0.05) is 5.56 Å². The van der Waals surface area contributed by atoms with Crippen molar-refractivity contribution >= 4 is 0 Å². The quantitative estimate of drug-likeness (QED) is 0.678. The molecule has 0 saturated carbocycles. The van der Waals surface area contributed by atoms with Crippen LogP contribution in [0.25, 0.3) is 11.1 Å². The molecule has 4 nitrogen and oxygen atoms in total. The third-order valence-electron chi connectivity index (χ3n) is 3.66. The number of ether oxygens (including phenoxy) is 2. The predicted octanol–water partition coefficient (Wildman–Crippen LogP) is 4.38. The van der Waals surface area contributed by atoms with Gasteiger partial charge in [-0.05, 0) is 30.2 Å². The first kappa shape index (κ1) is 15.3. The first-order chi connectivity index (χ1) is 11.3. The molecular formula is C19H19NO3. The lowest BCUT2D eigenvalue weighted by Gasteiger charge is -2.06. The SMILES string of the molecule is COc1ccc(COCc2noc(C)c2-c2ccccc2)cc1. The number of hydrogen-bond acceptors (Lipinski definition) is 4. The highest BCUT2D eigenvalue weighted by molar-refractivity contribution is 5.67. The van der Waals surface area contributed by atoms with Crippen molar-refractivity contribution in [3.8, 4) is 16.9 Å². The van der Waals surface area contributed by atoms with Gasteiger partial charge in [-0.1, -0.05) is 47.6 Å². The van der Waals surface area contributed by atoms with Crippen molar-refractivity contribution in [3.63, 3.8) is 0 Å². The third-order valence-corrected chi connectivity index (χ3v) is 3.66. The van der Waals surface area contributed by atoms with E-state index >= 15 is 0 Å². The van der Waals surface area contributed by atoms with Gasteiger partial charge >= 0.3 is 0 Å². The van der Waals surface area contributed by atoms with Crippen molar-refractivity contribution in [2.24, 2.45) is 0 Å². The molecule has 0 aliphatic carbocycles. The zero-order valence-corrected chi connectivity index (χ0v) is 13.3. The average Bonchev–Trinajstić information content (AvgIpc) is 2.97. The minimum atomic E-state index is 0.410. The van der Waals surface area contributed by atoms with E-state index in [4.69, 9.17) is 14.0 Å². The summed E-state index contributed by atoms with van der Waals surface area (Å²) in [5, 5.41) is 4.13. The van der Waals surface area contributed by atoms with Crippen LogP contribution in [-0.2, 0) is 18.0 Å². The maximum atomic E-state index is 5.79. The van der Waals surface area contributed by atoms with Gasteiger partial charge in [-0.2, -0.15) is 0 Å². The Bertz CT molecular complexity index is 748. The molecule has 2 aromatic carbocycles. The second kappa shape index (κ2) is 7.11. The standard InChI is InChI=1S/C19H19NO3/c1-14-19(16-6-4-3-5-7-16)18(20-23-14)13-22-12-15-8-10-17(21-2)11-9-15/h3-11H,12-13H2,1-2H3. The van der Waals surface area contributed by atoms with Crippen LogP contribution >= 0.6 is 0 Å². The molecule has 0 unspecified atom stereocenters. The van der Waals surface area contributed by atoms with Gasteiger partial charge in [0.25, 0.3) is 0 Å². The molecule has 1 heterocycles. The third kappa shape index (κ3) is 3.60. The Morgan fingerprint density at radius 1 is 0.957 bits per heavy atom. The Labute approximate surface area is 135 Å². The fourth-order valence-electron chi connectivity index (χ4n) is 2.48. The zero-order chi connectivity index (χ0) is 16.1. The number of benzene rings is 2. The summed E-state index contributed by atoms with van der Waals surface area (Å²) in [7, 11) is 1.66. The molecule has 23 heavy (non-hydrogen) atoms. The van der Waals surface area contributed by atoms with Gasteiger partial charge in [-0.25, -0.2) is 0 Å². The molecule has 4 heteroatoms. The highest BCUT2D eigenvalue weighted by Gasteiger charge is 2.14. The van der Waals surface area contributed by atoms with Gasteiger partial charge in [0.15, 0.2) is 0 Å². The first-order valence-corrected chi connectivity index (χ1v) is 7.49. The Kier molecular flexibility index (Phi) is 4.74. The van der Waals surface area contributed by atoms with E-state index in [1.54, 1.807) is 7.11 Å². The summed E-state index contributed by atoms with van der Waals surface area (Å²) in [6, 6.07) is 17.9. The van der Waals surface area contributed by atoms with Gasteiger partial charge in [0.2, 0.25) is 0 Å². The number of aromatic nitrogens is 1. The van der Waals surface area contributed by atoms with Crippen LogP contribution in [-0.4, -0.2) is 12.3 Å². The molecule has 0 N–H and O–H groups in total. The van der Waals surface area contributed by atoms with Gasteiger partial charge in [-0.15, -0.1) is 0 Å². The Balaban J connectivity index is 1.67. The molecule has 0 radical (unpaired) electrons. The summed E-state index contributed by atoms with van der Waals surface area (Å²) in [5.74, 6) is 1.64. The molecular weight excluding hydrogens is 290 g/mol. The molecule has 1 aromatic heterocycles. The van der Waals surface area contributed by atoms with Crippen LogP contribution in [0, 0.1) is 6.92 Å². The van der Waals surface area contributed by atoms with Gasteiger partial charge in [0.05, 0.1) is 20.3 Å². The first-order valence-electron chi connectivity index (χ1n) is 7.49. The van der Waals surface area contributed by atoms with Gasteiger partial charge < -0.3 is 14.0 Å². The summed E-state index contributed by atoms with van der Waals surface area (Å²) in [5.41, 5.74) is 4.02. The second-order valence-corrected chi connectivity index (χ2v) is 5.27. The summed E-state index contributed by atoms with van der Waals surface area (Å²) < 4.78 is 16.3. The highest BCUT2D eigenvalue weighted by Crippen LogP contribution is 2.27. The number of rotatable bonds is 6. The highest BCUT2D eigenvalue weighted by atomic mass is 16.5. The van der Waals surface area contributed by atoms with E-state index in [1.165, 1.54) is 0 Å². The van der Waals surface area contributed by atoms with E-state index in [1.807, 2.05) is 61.5 Å². The van der Waals surface area contributed by atoms with E-state index in [2.05, 4.69) is 5.16 Å². The maximum absolute atomic E-state index is 5.79. The predicted molar refractivity (Wildman–Crippen MR) is 88.2 cm³/mol. The summed E-state index contributed by atoms with van der Waals surface area (Å²) in [6.45, 7) is 2.85. The molecule has 0 aliphatic heterocycles. The van der Waals surface area contributed by atoms with Crippen LogP contribution < -0.4 is 4.74 Å². The zero-order valence-electron chi connectivity index (χ0n) is 13.3. The van der Waals surface area contributed by atoms with E-state index < -0.39 is 0 Å². The van der Waals surface area contributed by atoms with Crippen LogP contribution in [0.4, 0.5) is 0 Å². The molecule has 0 saturated heterocycles. The minimum Gasteiger partial charge on any atom is -0.497 e.